The van der Waals surface area contributed by atoms with Crippen LogP contribution in [0.3, 0.4) is 0 Å². The van der Waals surface area contributed by atoms with Crippen LogP contribution in [0.2, 0.25) is 0 Å². The van der Waals surface area contributed by atoms with Gasteiger partial charge in [0.2, 0.25) is 6.29 Å². The van der Waals surface area contributed by atoms with Gasteiger partial charge in [0.15, 0.2) is 6.29 Å². The van der Waals surface area contributed by atoms with Crippen LogP contribution in [0.1, 0.15) is 2.85 Å². The molecule has 1 atom stereocenters. The summed E-state index contributed by atoms with van der Waals surface area (Å²) in [5.74, 6) is 0. The molecule has 0 aliphatic rings. The Morgan fingerprint density at radius 1 is 2.00 bits per heavy atom. The number of hydrogen-bond donors (Lipinski definition) is 1. The van der Waals surface area contributed by atoms with Crippen molar-refractivity contribution in [2.45, 2.75) is 6.29 Å². The van der Waals surface area contributed by atoms with Crippen molar-refractivity contribution in [2.24, 2.45) is 0 Å². The Morgan fingerprint density at radius 2 is 2.43 bits per heavy atom. The third-order valence-electron chi connectivity index (χ3n) is 0.358. The van der Waals surface area contributed by atoms with Gasteiger partial charge in [-0.15, -0.1) is 0 Å². The maximum Gasteiger partial charge on any atom is 2.00 e. The molecule has 0 aromatic heterocycles. The van der Waals surface area contributed by atoms with Gasteiger partial charge in [-0.1, -0.05) is 0 Å². The average molecular weight is 132 g/mol. The number of carbonyl (C=O) groups is 1. The molecule has 0 aliphatic carbocycles. The molecule has 4 heteroatoms. The van der Waals surface area contributed by atoms with Crippen LogP contribution in [-0.2, 0) is 9.53 Å². The maximum atomic E-state index is 9.36. The van der Waals surface area contributed by atoms with E-state index < -0.39 is 6.29 Å². The summed E-state index contributed by atoms with van der Waals surface area (Å²) in [4.78, 5) is 9.36. The van der Waals surface area contributed by atoms with E-state index >= 15 is 0 Å². The SMILES string of the molecule is COC(O)C=O.[Ca+2].[H-].[H-]. The van der Waals surface area contributed by atoms with Crippen LogP contribution in [0.25, 0.3) is 0 Å². The summed E-state index contributed by atoms with van der Waals surface area (Å²) in [6, 6.07) is 0. The molecular formula is C3H8CaO3. The van der Waals surface area contributed by atoms with E-state index in [1.165, 1.54) is 7.11 Å². The van der Waals surface area contributed by atoms with Gasteiger partial charge in [-0.25, -0.2) is 0 Å². The molecule has 0 heterocycles. The molecule has 0 aliphatic heterocycles. The number of carbonyl (C=O) groups excluding carboxylic acids is 1. The third-order valence-corrected chi connectivity index (χ3v) is 0.358. The zero-order valence-electron chi connectivity index (χ0n) is 6.13. The summed E-state index contributed by atoms with van der Waals surface area (Å²) < 4.78 is 4.09. The minimum atomic E-state index is -1.25. The van der Waals surface area contributed by atoms with Gasteiger partial charge in [0.1, 0.15) is 0 Å². The van der Waals surface area contributed by atoms with Crippen LogP contribution in [0.5, 0.6) is 0 Å². The fourth-order valence-corrected chi connectivity index (χ4v) is 0.0556. The van der Waals surface area contributed by atoms with Gasteiger partial charge in [-0.2, -0.15) is 0 Å². The summed E-state index contributed by atoms with van der Waals surface area (Å²) in [6.45, 7) is 0. The number of aliphatic hydroxyl groups excluding tert-OH is 1. The standard InChI is InChI=1S/C3H6O3.Ca.2H/c1-6-3(5)2-4;;;/h2-3,5H,1H3;;;/q;+2;2*-1. The van der Waals surface area contributed by atoms with Crippen molar-refractivity contribution >= 4 is 44.0 Å². The fraction of sp³-hybridized carbons (Fsp3) is 0.667. The summed E-state index contributed by atoms with van der Waals surface area (Å²) in [7, 11) is 1.25. The Bertz CT molecular complexity index is 54.3. The first kappa shape index (κ1) is 10.8. The Balaban J connectivity index is -0.0000000417. The summed E-state index contributed by atoms with van der Waals surface area (Å²) >= 11 is 0. The van der Waals surface area contributed by atoms with E-state index in [2.05, 4.69) is 4.74 Å². The average Bonchev–Trinajstić information content (AvgIpc) is 1.65. The Labute approximate surface area is 74.6 Å². The number of rotatable bonds is 2. The molecule has 0 saturated heterocycles. The number of methoxy groups -OCH3 is 1. The second-order valence-corrected chi connectivity index (χ2v) is 0.762. The van der Waals surface area contributed by atoms with Gasteiger partial charge in [0.25, 0.3) is 0 Å². The minimum Gasteiger partial charge on any atom is -1.00 e. The van der Waals surface area contributed by atoms with E-state index in [1.807, 2.05) is 0 Å². The van der Waals surface area contributed by atoms with E-state index in [1.54, 1.807) is 0 Å². The number of aliphatic hydroxyl groups is 1. The Hall–Kier alpha value is 0.850. The van der Waals surface area contributed by atoms with Gasteiger partial charge in [-0.3, -0.25) is 4.79 Å². The molecule has 0 aromatic carbocycles. The van der Waals surface area contributed by atoms with Crippen molar-refractivity contribution in [3.05, 3.63) is 0 Å². The van der Waals surface area contributed by atoms with Crippen LogP contribution in [-0.4, -0.2) is 62.5 Å². The number of ether oxygens (including phenoxy) is 1. The predicted octanol–water partition coefficient (Wildman–Crippen LogP) is -1.01. The van der Waals surface area contributed by atoms with Crippen molar-refractivity contribution < 1.29 is 17.5 Å². The first-order chi connectivity index (χ1) is 2.81. The molecule has 3 nitrogen and oxygen atoms in total. The molecule has 0 aromatic rings. The predicted molar refractivity (Wildman–Crippen MR) is 27.1 cm³/mol. The summed E-state index contributed by atoms with van der Waals surface area (Å²) in [5, 5.41) is 8.08. The Morgan fingerprint density at radius 3 is 2.43 bits per heavy atom. The van der Waals surface area contributed by atoms with E-state index in [9.17, 15) is 4.79 Å². The van der Waals surface area contributed by atoms with Crippen molar-refractivity contribution in [3.63, 3.8) is 0 Å². The van der Waals surface area contributed by atoms with Gasteiger partial charge in [0.05, 0.1) is 0 Å². The molecule has 7 heavy (non-hydrogen) atoms. The molecule has 0 radical (unpaired) electrons. The fourth-order valence-electron chi connectivity index (χ4n) is 0.0556. The molecule has 40 valence electrons. The van der Waals surface area contributed by atoms with Crippen LogP contribution < -0.4 is 0 Å². The number of aldehydes is 1. The van der Waals surface area contributed by atoms with E-state index in [4.69, 9.17) is 5.11 Å². The molecule has 0 saturated carbocycles. The largest absolute Gasteiger partial charge is 2.00 e. The van der Waals surface area contributed by atoms with E-state index in [0.29, 0.717) is 6.29 Å². The van der Waals surface area contributed by atoms with Crippen molar-refractivity contribution in [2.75, 3.05) is 7.11 Å². The molecular weight excluding hydrogens is 124 g/mol. The maximum absolute atomic E-state index is 9.36. The quantitative estimate of drug-likeness (QED) is 0.297. The van der Waals surface area contributed by atoms with Crippen LogP contribution >= 0.6 is 0 Å². The first-order valence-corrected chi connectivity index (χ1v) is 1.47. The van der Waals surface area contributed by atoms with E-state index in [-0.39, 0.29) is 40.6 Å². The van der Waals surface area contributed by atoms with Crippen LogP contribution in [0, 0.1) is 0 Å². The molecule has 0 spiro atoms. The van der Waals surface area contributed by atoms with E-state index in [0.717, 1.165) is 0 Å². The summed E-state index contributed by atoms with van der Waals surface area (Å²) in [5.41, 5.74) is 0. The minimum absolute atomic E-state index is 0. The zero-order valence-corrected chi connectivity index (χ0v) is 6.33. The molecule has 0 fully saturated rings. The second kappa shape index (κ2) is 6.85. The smallest absolute Gasteiger partial charge is 1.00 e. The molecule has 1 N–H and O–H groups in total. The number of hydrogen-bond acceptors (Lipinski definition) is 3. The summed E-state index contributed by atoms with van der Waals surface area (Å²) in [6.07, 6.45) is -0.940. The monoisotopic (exact) mass is 132 g/mol. The molecule has 0 amide bonds. The van der Waals surface area contributed by atoms with Gasteiger partial charge in [-0.05, 0) is 0 Å². The Kier molecular flexibility index (Phi) is 10.5. The topological polar surface area (TPSA) is 46.5 Å². The first-order valence-electron chi connectivity index (χ1n) is 1.47. The normalized spacial score (nSPS) is 11.7. The van der Waals surface area contributed by atoms with Gasteiger partial charge in [0, 0.05) is 7.11 Å². The van der Waals surface area contributed by atoms with Crippen molar-refractivity contribution in [1.29, 1.82) is 0 Å². The molecule has 0 rings (SSSR count). The van der Waals surface area contributed by atoms with Gasteiger partial charge < -0.3 is 12.7 Å². The molecule has 0 bridgehead atoms. The third kappa shape index (κ3) is 6.85. The van der Waals surface area contributed by atoms with Crippen molar-refractivity contribution in [3.8, 4) is 0 Å². The van der Waals surface area contributed by atoms with Gasteiger partial charge >= 0.3 is 37.7 Å². The van der Waals surface area contributed by atoms with Crippen molar-refractivity contribution in [1.82, 2.24) is 0 Å². The molecule has 1 unspecified atom stereocenters. The second-order valence-electron chi connectivity index (χ2n) is 0.762. The zero-order chi connectivity index (χ0) is 4.99. The van der Waals surface area contributed by atoms with Crippen LogP contribution in [0.15, 0.2) is 0 Å². The van der Waals surface area contributed by atoms with Crippen LogP contribution in [0.4, 0.5) is 0 Å².